The number of rotatable bonds is 4. The molecule has 0 unspecified atom stereocenters. The molecule has 0 radical (unpaired) electrons. The van der Waals surface area contributed by atoms with Gasteiger partial charge >= 0.3 is 0 Å². The van der Waals surface area contributed by atoms with E-state index in [1.807, 2.05) is 11.9 Å². The third-order valence-corrected chi connectivity index (χ3v) is 2.80. The van der Waals surface area contributed by atoms with Crippen LogP contribution >= 0.6 is 0 Å². The maximum Gasteiger partial charge on any atom is 0.226 e. The van der Waals surface area contributed by atoms with Gasteiger partial charge in [-0.05, 0) is 18.6 Å². The lowest BCUT2D eigenvalue weighted by Crippen LogP contribution is -2.21. The van der Waals surface area contributed by atoms with Gasteiger partial charge in [0.05, 0.1) is 0 Å². The monoisotopic (exact) mass is 255 g/mol. The Bertz CT molecular complexity index is 577. The van der Waals surface area contributed by atoms with Crippen molar-refractivity contribution in [2.45, 2.75) is 13.5 Å². The van der Waals surface area contributed by atoms with Crippen LogP contribution in [0, 0.1) is 12.3 Å². The molecule has 0 amide bonds. The molecule has 1 aromatic carbocycles. The van der Waals surface area contributed by atoms with E-state index >= 15 is 0 Å². The zero-order valence-electron chi connectivity index (χ0n) is 11.1. The fourth-order valence-corrected chi connectivity index (χ4v) is 1.72. The summed E-state index contributed by atoms with van der Waals surface area (Å²) in [6.45, 7) is 2.77. The van der Waals surface area contributed by atoms with Crippen molar-refractivity contribution < 1.29 is 0 Å². The van der Waals surface area contributed by atoms with Crippen LogP contribution in [0.4, 0.5) is 5.95 Å². The Morgan fingerprint density at radius 3 is 2.58 bits per heavy atom. The number of aryl methyl sites for hydroxylation is 1. The summed E-state index contributed by atoms with van der Waals surface area (Å²) >= 11 is 0. The SMILES string of the molecule is Cc1ccc(CN(C)c2nccc(C(=N)N)n2)cc1. The van der Waals surface area contributed by atoms with E-state index in [2.05, 4.69) is 41.2 Å². The maximum absolute atomic E-state index is 7.39. The third-order valence-electron chi connectivity index (χ3n) is 2.80. The van der Waals surface area contributed by atoms with Crippen molar-refractivity contribution in [1.82, 2.24) is 9.97 Å². The average Bonchev–Trinajstić information content (AvgIpc) is 2.41. The Balaban J connectivity index is 2.15. The molecule has 0 aliphatic heterocycles. The van der Waals surface area contributed by atoms with E-state index < -0.39 is 0 Å². The molecular formula is C14H17N5. The number of benzene rings is 1. The highest BCUT2D eigenvalue weighted by Crippen LogP contribution is 2.11. The lowest BCUT2D eigenvalue weighted by molar-refractivity contribution is 0.864. The minimum Gasteiger partial charge on any atom is -0.382 e. The molecular weight excluding hydrogens is 238 g/mol. The van der Waals surface area contributed by atoms with Crippen LogP contribution in [-0.2, 0) is 6.54 Å². The highest BCUT2D eigenvalue weighted by molar-refractivity contribution is 5.93. The second-order valence-corrected chi connectivity index (χ2v) is 4.50. The lowest BCUT2D eigenvalue weighted by atomic mass is 10.1. The van der Waals surface area contributed by atoms with Crippen LogP contribution in [0.5, 0.6) is 0 Å². The van der Waals surface area contributed by atoms with Crippen molar-refractivity contribution in [3.05, 3.63) is 53.3 Å². The van der Waals surface area contributed by atoms with Crippen LogP contribution < -0.4 is 10.6 Å². The number of nitrogens with zero attached hydrogens (tertiary/aromatic N) is 3. The predicted octanol–water partition coefficient (Wildman–Crippen LogP) is 1.71. The third kappa shape index (κ3) is 3.28. The molecule has 1 aromatic heterocycles. The van der Waals surface area contributed by atoms with Gasteiger partial charge in [-0.15, -0.1) is 0 Å². The average molecular weight is 255 g/mol. The van der Waals surface area contributed by atoms with Gasteiger partial charge < -0.3 is 10.6 Å². The second-order valence-electron chi connectivity index (χ2n) is 4.50. The highest BCUT2D eigenvalue weighted by Gasteiger charge is 2.07. The van der Waals surface area contributed by atoms with Gasteiger partial charge in [0.2, 0.25) is 5.95 Å². The minimum atomic E-state index is -0.0487. The topological polar surface area (TPSA) is 78.9 Å². The number of amidine groups is 1. The zero-order chi connectivity index (χ0) is 13.8. The summed E-state index contributed by atoms with van der Waals surface area (Å²) in [6, 6.07) is 9.96. The largest absolute Gasteiger partial charge is 0.382 e. The van der Waals surface area contributed by atoms with Gasteiger partial charge in [0, 0.05) is 19.8 Å². The van der Waals surface area contributed by atoms with E-state index in [0.717, 1.165) is 0 Å². The molecule has 5 nitrogen and oxygen atoms in total. The molecule has 0 fully saturated rings. The highest BCUT2D eigenvalue weighted by atomic mass is 15.2. The Kier molecular flexibility index (Phi) is 3.75. The van der Waals surface area contributed by atoms with Crippen LogP contribution in [0.25, 0.3) is 0 Å². The number of nitrogens with two attached hydrogens (primary N) is 1. The first kappa shape index (κ1) is 13.0. The molecule has 0 saturated carbocycles. The summed E-state index contributed by atoms with van der Waals surface area (Å²) in [5.41, 5.74) is 8.29. The number of hydrogen-bond donors (Lipinski definition) is 2. The van der Waals surface area contributed by atoms with Crippen LogP contribution in [0.2, 0.25) is 0 Å². The first-order valence-corrected chi connectivity index (χ1v) is 6.00. The normalized spacial score (nSPS) is 10.2. The number of aromatic nitrogens is 2. The number of nitrogens with one attached hydrogen (secondary N) is 1. The van der Waals surface area contributed by atoms with Crippen molar-refractivity contribution in [1.29, 1.82) is 5.41 Å². The number of hydrogen-bond acceptors (Lipinski definition) is 4. The second kappa shape index (κ2) is 5.48. The summed E-state index contributed by atoms with van der Waals surface area (Å²) < 4.78 is 0. The predicted molar refractivity (Wildman–Crippen MR) is 76.3 cm³/mol. The molecule has 0 aliphatic rings. The molecule has 1 heterocycles. The summed E-state index contributed by atoms with van der Waals surface area (Å²) in [7, 11) is 1.92. The molecule has 2 aromatic rings. The van der Waals surface area contributed by atoms with E-state index in [9.17, 15) is 0 Å². The molecule has 2 rings (SSSR count). The van der Waals surface area contributed by atoms with Crippen LogP contribution in [-0.4, -0.2) is 22.9 Å². The summed E-state index contributed by atoms with van der Waals surface area (Å²) in [5.74, 6) is 0.515. The zero-order valence-corrected chi connectivity index (χ0v) is 11.1. The molecule has 0 saturated heterocycles. The van der Waals surface area contributed by atoms with Crippen molar-refractivity contribution in [3.8, 4) is 0 Å². The fraction of sp³-hybridized carbons (Fsp3) is 0.214. The number of nitrogen functional groups attached to an aromatic ring is 1. The first-order valence-electron chi connectivity index (χ1n) is 6.00. The van der Waals surface area contributed by atoms with Gasteiger partial charge in [0.25, 0.3) is 0 Å². The van der Waals surface area contributed by atoms with Crippen LogP contribution in [0.1, 0.15) is 16.8 Å². The Morgan fingerprint density at radius 2 is 1.95 bits per heavy atom. The maximum atomic E-state index is 7.39. The van der Waals surface area contributed by atoms with Crippen molar-refractivity contribution >= 4 is 11.8 Å². The van der Waals surface area contributed by atoms with Crippen LogP contribution in [0.3, 0.4) is 0 Å². The standard InChI is InChI=1S/C14H17N5/c1-10-3-5-11(6-4-10)9-19(2)14-17-8-7-12(18-14)13(15)16/h3-8H,9H2,1-2H3,(H3,15,16). The molecule has 0 spiro atoms. The molecule has 19 heavy (non-hydrogen) atoms. The number of anilines is 1. The van der Waals surface area contributed by atoms with Gasteiger partial charge in [-0.2, -0.15) is 0 Å². The van der Waals surface area contributed by atoms with Gasteiger partial charge in [-0.1, -0.05) is 29.8 Å². The van der Waals surface area contributed by atoms with E-state index in [-0.39, 0.29) is 5.84 Å². The Morgan fingerprint density at radius 1 is 1.26 bits per heavy atom. The summed E-state index contributed by atoms with van der Waals surface area (Å²) in [5, 5.41) is 7.39. The van der Waals surface area contributed by atoms with Gasteiger partial charge in [-0.25, -0.2) is 9.97 Å². The molecule has 3 N–H and O–H groups in total. The summed E-state index contributed by atoms with van der Waals surface area (Å²) in [4.78, 5) is 10.4. The lowest BCUT2D eigenvalue weighted by Gasteiger charge is -2.17. The van der Waals surface area contributed by atoms with E-state index in [1.165, 1.54) is 11.1 Å². The van der Waals surface area contributed by atoms with Crippen molar-refractivity contribution in [2.24, 2.45) is 5.73 Å². The van der Waals surface area contributed by atoms with E-state index in [4.69, 9.17) is 11.1 Å². The molecule has 5 heteroatoms. The molecule has 0 aliphatic carbocycles. The van der Waals surface area contributed by atoms with E-state index in [1.54, 1.807) is 12.3 Å². The van der Waals surface area contributed by atoms with Crippen LogP contribution in [0.15, 0.2) is 36.5 Å². The molecule has 0 atom stereocenters. The molecule has 0 bridgehead atoms. The fourth-order valence-electron chi connectivity index (χ4n) is 1.72. The van der Waals surface area contributed by atoms with Gasteiger partial charge in [0.15, 0.2) is 0 Å². The quantitative estimate of drug-likeness (QED) is 0.644. The van der Waals surface area contributed by atoms with Gasteiger partial charge in [-0.3, -0.25) is 5.41 Å². The van der Waals surface area contributed by atoms with Crippen molar-refractivity contribution in [3.63, 3.8) is 0 Å². The minimum absolute atomic E-state index is 0.0487. The smallest absolute Gasteiger partial charge is 0.226 e. The van der Waals surface area contributed by atoms with Crippen molar-refractivity contribution in [2.75, 3.05) is 11.9 Å². The Hall–Kier alpha value is -2.43. The van der Waals surface area contributed by atoms with E-state index in [0.29, 0.717) is 18.2 Å². The summed E-state index contributed by atoms with van der Waals surface area (Å²) in [6.07, 6.45) is 1.62. The Labute approximate surface area is 112 Å². The van der Waals surface area contributed by atoms with Gasteiger partial charge in [0.1, 0.15) is 11.5 Å². The molecule has 98 valence electrons. The first-order chi connectivity index (χ1) is 9.06.